The number of carbonyl (C=O) groups is 3. The Hall–Kier alpha value is -4.86. The second-order valence-corrected chi connectivity index (χ2v) is 18.2. The standard InChI is InChI=1S/C45H52ClFN8O3/c1-31-26-45(30-55(31)36-3-2-32(29-48)39(46)24-36)13-16-50(17-14-45)35-8-9-38(40(47)25-35)42(57)53-18-11-44(12-19-53)27-37(28-44)52-22-20-51(21-23-52)33-4-6-34(7-5-33)54-15-10-41(56)49-43(54)58/h2-9,24-25,31,37H,10-23,26-28,30H2,1H3,(H,49,56,58). The maximum atomic E-state index is 15.7. The van der Waals surface area contributed by atoms with Gasteiger partial charge in [0, 0.05) is 107 Å². The van der Waals surface area contributed by atoms with E-state index in [4.69, 9.17) is 11.6 Å². The Bertz CT molecular complexity index is 2110. The van der Waals surface area contributed by atoms with Crippen LogP contribution in [0.25, 0.3) is 0 Å². The number of hydrogen-bond donors (Lipinski definition) is 1. The van der Waals surface area contributed by atoms with Crippen LogP contribution in [0.1, 0.15) is 74.2 Å². The Labute approximate surface area is 345 Å². The minimum atomic E-state index is -0.438. The summed E-state index contributed by atoms with van der Waals surface area (Å²) in [7, 11) is 0. The van der Waals surface area contributed by atoms with Crippen molar-refractivity contribution in [3.05, 3.63) is 82.6 Å². The van der Waals surface area contributed by atoms with Gasteiger partial charge in [-0.15, -0.1) is 0 Å². The maximum absolute atomic E-state index is 15.7. The van der Waals surface area contributed by atoms with Gasteiger partial charge in [0.1, 0.15) is 11.9 Å². The number of nitrogens with zero attached hydrogens (tertiary/aromatic N) is 7. The Morgan fingerprint density at radius 1 is 0.776 bits per heavy atom. The predicted molar refractivity (Wildman–Crippen MR) is 224 cm³/mol. The normalized spacial score (nSPS) is 23.6. The third-order valence-corrected chi connectivity index (χ3v) is 14.7. The van der Waals surface area contributed by atoms with E-state index in [1.165, 1.54) is 0 Å². The van der Waals surface area contributed by atoms with Crippen LogP contribution in [-0.2, 0) is 4.79 Å². The first-order valence-electron chi connectivity index (χ1n) is 21.0. The average Bonchev–Trinajstić information content (AvgIpc) is 3.54. The fourth-order valence-electron chi connectivity index (χ4n) is 10.9. The van der Waals surface area contributed by atoms with Gasteiger partial charge in [-0.3, -0.25) is 24.7 Å². The van der Waals surface area contributed by atoms with Gasteiger partial charge < -0.3 is 19.6 Å². The van der Waals surface area contributed by atoms with Crippen LogP contribution in [-0.4, -0.2) is 105 Å². The van der Waals surface area contributed by atoms with Crippen LogP contribution in [0, 0.1) is 28.0 Å². The van der Waals surface area contributed by atoms with Crippen molar-refractivity contribution in [1.82, 2.24) is 15.1 Å². The monoisotopic (exact) mass is 806 g/mol. The third-order valence-electron chi connectivity index (χ3n) is 14.4. The molecule has 9 rings (SSSR count). The Morgan fingerprint density at radius 3 is 2.07 bits per heavy atom. The van der Waals surface area contributed by atoms with E-state index in [0.717, 1.165) is 114 Å². The van der Waals surface area contributed by atoms with Gasteiger partial charge in [0.05, 0.1) is 16.1 Å². The number of imide groups is 1. The van der Waals surface area contributed by atoms with Gasteiger partial charge in [0.15, 0.2) is 0 Å². The molecule has 5 aliphatic heterocycles. The lowest BCUT2D eigenvalue weighted by Gasteiger charge is -2.56. The summed E-state index contributed by atoms with van der Waals surface area (Å²) in [5.41, 5.74) is 4.95. The largest absolute Gasteiger partial charge is 0.371 e. The lowest BCUT2D eigenvalue weighted by molar-refractivity contribution is -0.120. The number of benzene rings is 3. The second kappa shape index (κ2) is 15.4. The van der Waals surface area contributed by atoms with Gasteiger partial charge in [-0.1, -0.05) is 11.6 Å². The summed E-state index contributed by atoms with van der Waals surface area (Å²) >= 11 is 6.37. The minimum Gasteiger partial charge on any atom is -0.371 e. The van der Waals surface area contributed by atoms with E-state index >= 15 is 4.39 Å². The van der Waals surface area contributed by atoms with E-state index in [0.29, 0.717) is 48.7 Å². The van der Waals surface area contributed by atoms with Crippen LogP contribution >= 0.6 is 11.6 Å². The number of piperazine rings is 1. The molecule has 1 saturated carbocycles. The van der Waals surface area contributed by atoms with Crippen LogP contribution < -0.4 is 24.9 Å². The quantitative estimate of drug-likeness (QED) is 0.287. The smallest absolute Gasteiger partial charge is 0.328 e. The summed E-state index contributed by atoms with van der Waals surface area (Å²) in [5, 5.41) is 12.2. The number of likely N-dealkylation sites (tertiary alicyclic amines) is 1. The molecule has 58 heavy (non-hydrogen) atoms. The van der Waals surface area contributed by atoms with Gasteiger partial charge in [-0.2, -0.15) is 5.26 Å². The SMILES string of the molecule is CC1CC2(CCN(c3ccc(C(=O)N4CCC5(CC4)CC(N4CCN(c6ccc(N7CCC(=O)NC7=O)cc6)CC4)C5)c(F)c3)CC2)CN1c1ccc(C#N)c(Cl)c1. The van der Waals surface area contributed by atoms with E-state index in [9.17, 15) is 19.6 Å². The molecule has 0 bridgehead atoms. The molecule has 304 valence electrons. The Morgan fingerprint density at radius 2 is 1.41 bits per heavy atom. The first kappa shape index (κ1) is 38.6. The third kappa shape index (κ3) is 7.36. The molecule has 3 aromatic rings. The minimum absolute atomic E-state index is 0.169. The number of anilines is 4. The number of hydrogen-bond acceptors (Lipinski definition) is 8. The highest BCUT2D eigenvalue weighted by Gasteiger charge is 2.49. The van der Waals surface area contributed by atoms with E-state index in [1.54, 1.807) is 23.1 Å². The summed E-state index contributed by atoms with van der Waals surface area (Å²) in [5.74, 6) is -0.867. The zero-order valence-electron chi connectivity index (χ0n) is 33.3. The molecule has 1 unspecified atom stereocenters. The lowest BCUT2D eigenvalue weighted by atomic mass is 9.60. The summed E-state index contributed by atoms with van der Waals surface area (Å²) < 4.78 is 15.7. The fraction of sp³-hybridized carbons (Fsp3) is 0.511. The molecule has 13 heteroatoms. The van der Waals surface area contributed by atoms with Crippen molar-refractivity contribution in [2.45, 2.75) is 70.4 Å². The first-order valence-corrected chi connectivity index (χ1v) is 21.4. The van der Waals surface area contributed by atoms with Crippen LogP contribution in [0.2, 0.25) is 5.02 Å². The number of amides is 4. The first-order chi connectivity index (χ1) is 28.0. The molecule has 1 N–H and O–H groups in total. The summed E-state index contributed by atoms with van der Waals surface area (Å²) in [6.45, 7) is 10.5. The maximum Gasteiger partial charge on any atom is 0.328 e. The lowest BCUT2D eigenvalue weighted by Crippen LogP contribution is -2.59. The van der Waals surface area contributed by atoms with Crippen molar-refractivity contribution in [2.75, 3.05) is 85.0 Å². The Kier molecular flexibility index (Phi) is 10.3. The number of piperidine rings is 2. The molecule has 6 aliphatic rings. The molecule has 5 saturated heterocycles. The number of urea groups is 1. The molecule has 2 spiro atoms. The van der Waals surface area contributed by atoms with Crippen molar-refractivity contribution in [1.29, 1.82) is 5.26 Å². The van der Waals surface area contributed by atoms with Gasteiger partial charge >= 0.3 is 6.03 Å². The summed E-state index contributed by atoms with van der Waals surface area (Å²) in [6, 6.07) is 21.6. The molecule has 6 fully saturated rings. The van der Waals surface area contributed by atoms with Gasteiger partial charge in [-0.05, 0) is 123 Å². The van der Waals surface area contributed by atoms with Crippen molar-refractivity contribution < 1.29 is 18.8 Å². The molecule has 0 aromatic heterocycles. The van der Waals surface area contributed by atoms with Gasteiger partial charge in [-0.25, -0.2) is 9.18 Å². The highest BCUT2D eigenvalue weighted by molar-refractivity contribution is 6.32. The topological polar surface area (TPSA) is 106 Å². The molecule has 1 atom stereocenters. The van der Waals surface area contributed by atoms with Crippen LogP contribution in [0.4, 0.5) is 31.9 Å². The summed E-state index contributed by atoms with van der Waals surface area (Å²) in [6.07, 6.45) is 7.66. The molecule has 4 amide bonds. The van der Waals surface area contributed by atoms with Crippen molar-refractivity contribution in [3.63, 3.8) is 0 Å². The number of rotatable bonds is 6. The van der Waals surface area contributed by atoms with Crippen molar-refractivity contribution in [3.8, 4) is 6.07 Å². The number of nitrogens with one attached hydrogen (secondary N) is 1. The van der Waals surface area contributed by atoms with E-state index < -0.39 is 5.82 Å². The molecule has 3 aromatic carbocycles. The molecule has 1 aliphatic carbocycles. The van der Waals surface area contributed by atoms with Crippen LogP contribution in [0.5, 0.6) is 0 Å². The molecule has 0 radical (unpaired) electrons. The fourth-order valence-corrected chi connectivity index (χ4v) is 11.1. The predicted octanol–water partition coefficient (Wildman–Crippen LogP) is 6.89. The molecule has 11 nitrogen and oxygen atoms in total. The Balaban J connectivity index is 0.722. The van der Waals surface area contributed by atoms with E-state index in [1.807, 2.05) is 35.2 Å². The number of carbonyl (C=O) groups excluding carboxylic acids is 3. The van der Waals surface area contributed by atoms with E-state index in [-0.39, 0.29) is 34.2 Å². The number of halogens is 2. The van der Waals surface area contributed by atoms with Gasteiger partial charge in [0.25, 0.3) is 5.91 Å². The molecular weight excluding hydrogens is 755 g/mol. The zero-order chi connectivity index (χ0) is 40.2. The van der Waals surface area contributed by atoms with Crippen molar-refractivity contribution in [2.24, 2.45) is 10.8 Å². The van der Waals surface area contributed by atoms with Crippen LogP contribution in [0.15, 0.2) is 60.7 Å². The van der Waals surface area contributed by atoms with Crippen molar-refractivity contribution >= 4 is 52.2 Å². The zero-order valence-corrected chi connectivity index (χ0v) is 34.0. The highest BCUT2D eigenvalue weighted by Crippen LogP contribution is 2.51. The average molecular weight is 807 g/mol. The highest BCUT2D eigenvalue weighted by atomic mass is 35.5. The van der Waals surface area contributed by atoms with Crippen LogP contribution in [0.3, 0.4) is 0 Å². The van der Waals surface area contributed by atoms with E-state index in [2.05, 4.69) is 50.0 Å². The van der Waals surface area contributed by atoms with Gasteiger partial charge in [0.2, 0.25) is 5.91 Å². The summed E-state index contributed by atoms with van der Waals surface area (Å²) in [4.78, 5) is 50.5. The number of nitriles is 1. The molecular formula is C45H52ClFN8O3. The molecule has 5 heterocycles. The second-order valence-electron chi connectivity index (χ2n) is 17.8.